The van der Waals surface area contributed by atoms with Crippen molar-refractivity contribution in [3.05, 3.63) is 64.8 Å². The van der Waals surface area contributed by atoms with Crippen molar-refractivity contribution in [2.45, 2.75) is 6.54 Å². The molecule has 2 aromatic carbocycles. The Hall–Kier alpha value is -2.07. The number of phenols is 1. The number of aromatic hydroxyl groups is 1. The first-order chi connectivity index (χ1) is 9.74. The van der Waals surface area contributed by atoms with Crippen molar-refractivity contribution in [1.29, 1.82) is 0 Å². The van der Waals surface area contributed by atoms with E-state index in [9.17, 15) is 5.11 Å². The third-order valence-electron chi connectivity index (χ3n) is 3.17. The van der Waals surface area contributed by atoms with Crippen LogP contribution in [0.25, 0.3) is 10.9 Å². The highest BCUT2D eigenvalue weighted by molar-refractivity contribution is 9.10. The Bertz CT molecular complexity index is 741. The zero-order valence-electron chi connectivity index (χ0n) is 10.7. The first-order valence-electron chi connectivity index (χ1n) is 6.29. The number of hydrogen-bond donors (Lipinski definition) is 2. The molecule has 20 heavy (non-hydrogen) atoms. The van der Waals surface area contributed by atoms with Gasteiger partial charge >= 0.3 is 0 Å². The Morgan fingerprint density at radius 1 is 1.05 bits per heavy atom. The van der Waals surface area contributed by atoms with E-state index in [2.05, 4.69) is 26.2 Å². The molecule has 0 aliphatic carbocycles. The molecule has 0 fully saturated rings. The van der Waals surface area contributed by atoms with Crippen LogP contribution in [-0.4, -0.2) is 10.1 Å². The molecule has 0 saturated heterocycles. The van der Waals surface area contributed by atoms with Crippen LogP contribution in [0.1, 0.15) is 5.56 Å². The maximum absolute atomic E-state index is 9.82. The lowest BCUT2D eigenvalue weighted by molar-refractivity contribution is 0.480. The summed E-state index contributed by atoms with van der Waals surface area (Å²) < 4.78 is 1.06. The Kier molecular flexibility index (Phi) is 3.56. The fourth-order valence-electron chi connectivity index (χ4n) is 2.14. The van der Waals surface area contributed by atoms with Crippen LogP contribution in [0.4, 0.5) is 5.69 Å². The number of hydrogen-bond acceptors (Lipinski definition) is 3. The molecular weight excluding hydrogens is 316 g/mol. The molecule has 0 unspecified atom stereocenters. The number of rotatable bonds is 3. The fraction of sp³-hybridized carbons (Fsp3) is 0.0625. The van der Waals surface area contributed by atoms with Crippen molar-refractivity contribution in [2.75, 3.05) is 5.32 Å². The minimum absolute atomic E-state index is 0.216. The normalized spacial score (nSPS) is 10.7. The van der Waals surface area contributed by atoms with Gasteiger partial charge in [-0.2, -0.15) is 0 Å². The van der Waals surface area contributed by atoms with Gasteiger partial charge in [-0.05, 0) is 42.0 Å². The summed E-state index contributed by atoms with van der Waals surface area (Å²) in [4.78, 5) is 4.22. The van der Waals surface area contributed by atoms with Gasteiger partial charge in [0.15, 0.2) is 0 Å². The van der Waals surface area contributed by atoms with E-state index in [1.807, 2.05) is 42.5 Å². The van der Waals surface area contributed by atoms with E-state index in [1.165, 1.54) is 0 Å². The van der Waals surface area contributed by atoms with Crippen molar-refractivity contribution in [3.63, 3.8) is 0 Å². The molecule has 3 rings (SSSR count). The van der Waals surface area contributed by atoms with Gasteiger partial charge in [-0.25, -0.2) is 0 Å². The monoisotopic (exact) mass is 328 g/mol. The van der Waals surface area contributed by atoms with E-state index in [4.69, 9.17) is 0 Å². The van der Waals surface area contributed by atoms with Gasteiger partial charge < -0.3 is 10.4 Å². The summed E-state index contributed by atoms with van der Waals surface area (Å²) in [6, 6.07) is 15.5. The molecule has 0 spiro atoms. The lowest BCUT2D eigenvalue weighted by atomic mass is 10.1. The molecule has 0 atom stereocenters. The molecule has 3 nitrogen and oxygen atoms in total. The topological polar surface area (TPSA) is 45.1 Å². The summed E-state index contributed by atoms with van der Waals surface area (Å²) in [7, 11) is 0. The van der Waals surface area contributed by atoms with Crippen molar-refractivity contribution in [2.24, 2.45) is 0 Å². The number of anilines is 1. The summed E-state index contributed by atoms with van der Waals surface area (Å²) in [5.41, 5.74) is 2.80. The van der Waals surface area contributed by atoms with Crippen LogP contribution in [0.15, 0.2) is 59.2 Å². The van der Waals surface area contributed by atoms with Crippen LogP contribution in [0.2, 0.25) is 0 Å². The third-order valence-corrected chi connectivity index (χ3v) is 3.69. The van der Waals surface area contributed by atoms with Crippen molar-refractivity contribution < 1.29 is 5.11 Å². The SMILES string of the molecule is Oc1ccc(CNc2ccc(Br)cc2)c2cccnc12. The lowest BCUT2D eigenvalue weighted by Crippen LogP contribution is -2.00. The molecule has 2 N–H and O–H groups in total. The molecule has 3 aromatic rings. The Morgan fingerprint density at radius 3 is 2.65 bits per heavy atom. The van der Waals surface area contributed by atoms with Crippen molar-refractivity contribution in [1.82, 2.24) is 4.98 Å². The van der Waals surface area contributed by atoms with Gasteiger partial charge in [-0.15, -0.1) is 0 Å². The van der Waals surface area contributed by atoms with Gasteiger partial charge in [0.1, 0.15) is 11.3 Å². The highest BCUT2D eigenvalue weighted by atomic mass is 79.9. The second-order valence-corrected chi connectivity index (χ2v) is 5.42. The number of nitrogens with zero attached hydrogens (tertiary/aromatic N) is 1. The largest absolute Gasteiger partial charge is 0.506 e. The number of fused-ring (bicyclic) bond motifs is 1. The predicted molar refractivity (Wildman–Crippen MR) is 84.9 cm³/mol. The van der Waals surface area contributed by atoms with E-state index in [0.29, 0.717) is 12.1 Å². The fourth-order valence-corrected chi connectivity index (χ4v) is 2.40. The zero-order valence-corrected chi connectivity index (χ0v) is 12.3. The average molecular weight is 329 g/mol. The lowest BCUT2D eigenvalue weighted by Gasteiger charge is -2.10. The molecule has 1 heterocycles. The first-order valence-corrected chi connectivity index (χ1v) is 7.08. The number of benzene rings is 2. The number of pyridine rings is 1. The number of halogens is 1. The van der Waals surface area contributed by atoms with Gasteiger partial charge in [-0.3, -0.25) is 4.98 Å². The summed E-state index contributed by atoms with van der Waals surface area (Å²) in [6.07, 6.45) is 1.69. The van der Waals surface area contributed by atoms with E-state index in [1.54, 1.807) is 12.3 Å². The average Bonchev–Trinajstić information content (AvgIpc) is 2.49. The van der Waals surface area contributed by atoms with Crippen LogP contribution < -0.4 is 5.32 Å². The van der Waals surface area contributed by atoms with Crippen LogP contribution in [0.3, 0.4) is 0 Å². The standard InChI is InChI=1S/C16H13BrN2O/c17-12-4-6-13(7-5-12)19-10-11-3-8-15(20)16-14(11)2-1-9-18-16/h1-9,19-20H,10H2. The maximum atomic E-state index is 9.82. The van der Waals surface area contributed by atoms with Gasteiger partial charge in [0.2, 0.25) is 0 Å². The van der Waals surface area contributed by atoms with E-state index >= 15 is 0 Å². The highest BCUT2D eigenvalue weighted by Gasteiger charge is 2.05. The maximum Gasteiger partial charge on any atom is 0.141 e. The Morgan fingerprint density at radius 2 is 1.85 bits per heavy atom. The van der Waals surface area contributed by atoms with E-state index < -0.39 is 0 Å². The molecule has 0 bridgehead atoms. The smallest absolute Gasteiger partial charge is 0.141 e. The van der Waals surface area contributed by atoms with Gasteiger partial charge in [0.05, 0.1) is 0 Å². The second kappa shape index (κ2) is 5.51. The molecule has 100 valence electrons. The summed E-state index contributed by atoms with van der Waals surface area (Å²) in [5, 5.41) is 14.2. The van der Waals surface area contributed by atoms with E-state index in [0.717, 1.165) is 21.1 Å². The number of nitrogens with one attached hydrogen (secondary N) is 1. The Balaban J connectivity index is 1.88. The summed E-state index contributed by atoms with van der Waals surface area (Å²) >= 11 is 3.42. The van der Waals surface area contributed by atoms with E-state index in [-0.39, 0.29) is 5.75 Å². The van der Waals surface area contributed by atoms with Gasteiger partial charge in [0.25, 0.3) is 0 Å². The third kappa shape index (κ3) is 2.60. The number of aromatic nitrogens is 1. The van der Waals surface area contributed by atoms with Crippen molar-refractivity contribution >= 4 is 32.5 Å². The molecule has 0 aliphatic heterocycles. The highest BCUT2D eigenvalue weighted by Crippen LogP contribution is 2.26. The molecule has 1 aromatic heterocycles. The molecule has 0 amide bonds. The van der Waals surface area contributed by atoms with Crippen LogP contribution in [0.5, 0.6) is 5.75 Å². The molecule has 0 saturated carbocycles. The van der Waals surface area contributed by atoms with Crippen LogP contribution in [-0.2, 0) is 6.54 Å². The van der Waals surface area contributed by atoms with Gasteiger partial charge in [0, 0.05) is 28.3 Å². The quantitative estimate of drug-likeness (QED) is 0.752. The van der Waals surface area contributed by atoms with Crippen LogP contribution >= 0.6 is 15.9 Å². The predicted octanol–water partition coefficient (Wildman–Crippen LogP) is 4.32. The van der Waals surface area contributed by atoms with Crippen LogP contribution in [0, 0.1) is 0 Å². The summed E-state index contributed by atoms with van der Waals surface area (Å²) in [6.45, 7) is 0.685. The minimum atomic E-state index is 0.216. The molecule has 0 radical (unpaired) electrons. The first kappa shape index (κ1) is 12.9. The Labute approximate surface area is 125 Å². The van der Waals surface area contributed by atoms with Crippen molar-refractivity contribution in [3.8, 4) is 5.75 Å². The molecule has 4 heteroatoms. The molecule has 0 aliphatic rings. The zero-order chi connectivity index (χ0) is 13.9. The number of phenolic OH excluding ortho intramolecular Hbond substituents is 1. The minimum Gasteiger partial charge on any atom is -0.506 e. The molecular formula is C16H13BrN2O. The second-order valence-electron chi connectivity index (χ2n) is 4.50. The summed E-state index contributed by atoms with van der Waals surface area (Å²) in [5.74, 6) is 0.216. The van der Waals surface area contributed by atoms with Gasteiger partial charge in [-0.1, -0.05) is 28.1 Å².